The Balaban J connectivity index is 2.23. The van der Waals surface area contributed by atoms with Gasteiger partial charge in [0.15, 0.2) is 0 Å². The molecule has 0 saturated carbocycles. The fourth-order valence-electron chi connectivity index (χ4n) is 2.24. The summed E-state index contributed by atoms with van der Waals surface area (Å²) in [5.41, 5.74) is 6.35. The van der Waals surface area contributed by atoms with Crippen LogP contribution in [0.4, 0.5) is 0 Å². The van der Waals surface area contributed by atoms with E-state index >= 15 is 0 Å². The second-order valence-electron chi connectivity index (χ2n) is 4.51. The SMILES string of the molecule is Cc1ccccc1-c1n[nH]c(C)c1-c1cncnc1. The first-order valence-corrected chi connectivity index (χ1v) is 6.13. The van der Waals surface area contributed by atoms with Crippen LogP contribution in [0.25, 0.3) is 22.4 Å². The van der Waals surface area contributed by atoms with Gasteiger partial charge >= 0.3 is 0 Å². The van der Waals surface area contributed by atoms with Gasteiger partial charge in [-0.15, -0.1) is 0 Å². The highest BCUT2D eigenvalue weighted by Crippen LogP contribution is 2.33. The molecule has 3 aromatic rings. The molecule has 2 heterocycles. The van der Waals surface area contributed by atoms with Gasteiger partial charge < -0.3 is 0 Å². The van der Waals surface area contributed by atoms with Crippen LogP contribution in [0.5, 0.6) is 0 Å². The number of aryl methyl sites for hydroxylation is 2. The Kier molecular flexibility index (Phi) is 2.83. The minimum absolute atomic E-state index is 0.949. The lowest BCUT2D eigenvalue weighted by atomic mass is 9.98. The highest BCUT2D eigenvalue weighted by atomic mass is 15.1. The lowest BCUT2D eigenvalue weighted by Gasteiger charge is -2.06. The van der Waals surface area contributed by atoms with E-state index < -0.39 is 0 Å². The zero-order chi connectivity index (χ0) is 13.2. The molecule has 1 N–H and O–H groups in total. The molecule has 3 rings (SSSR count). The number of H-pyrrole nitrogens is 1. The summed E-state index contributed by atoms with van der Waals surface area (Å²) in [7, 11) is 0. The van der Waals surface area contributed by atoms with Crippen molar-refractivity contribution in [2.45, 2.75) is 13.8 Å². The Morgan fingerprint density at radius 1 is 1.00 bits per heavy atom. The summed E-state index contributed by atoms with van der Waals surface area (Å²) in [6.45, 7) is 4.10. The van der Waals surface area contributed by atoms with Gasteiger partial charge in [0.2, 0.25) is 0 Å². The molecule has 19 heavy (non-hydrogen) atoms. The topological polar surface area (TPSA) is 54.5 Å². The highest BCUT2D eigenvalue weighted by molar-refractivity contribution is 5.83. The Labute approximate surface area is 111 Å². The maximum Gasteiger partial charge on any atom is 0.115 e. The predicted octanol–water partition coefficient (Wildman–Crippen LogP) is 3.15. The standard InChI is InChI=1S/C15H14N4/c1-10-5-3-4-6-13(10)15-14(11(2)18-19-15)12-7-16-9-17-8-12/h3-9H,1-2H3,(H,18,19). The number of nitrogens with zero attached hydrogens (tertiary/aromatic N) is 3. The van der Waals surface area contributed by atoms with Crippen LogP contribution in [0.3, 0.4) is 0 Å². The zero-order valence-electron chi connectivity index (χ0n) is 10.9. The van der Waals surface area contributed by atoms with Gasteiger partial charge in [0.1, 0.15) is 12.0 Å². The van der Waals surface area contributed by atoms with E-state index in [2.05, 4.69) is 39.2 Å². The Hall–Kier alpha value is -2.49. The summed E-state index contributed by atoms with van der Waals surface area (Å²) >= 11 is 0. The molecular weight excluding hydrogens is 236 g/mol. The van der Waals surface area contributed by atoms with Crippen molar-refractivity contribution >= 4 is 0 Å². The van der Waals surface area contributed by atoms with E-state index in [1.165, 1.54) is 11.9 Å². The summed E-state index contributed by atoms with van der Waals surface area (Å²) < 4.78 is 0. The quantitative estimate of drug-likeness (QED) is 0.760. The Bertz CT molecular complexity index is 701. The maximum absolute atomic E-state index is 4.44. The van der Waals surface area contributed by atoms with Crippen molar-refractivity contribution in [3.8, 4) is 22.4 Å². The van der Waals surface area contributed by atoms with Crippen molar-refractivity contribution in [1.29, 1.82) is 0 Å². The lowest BCUT2D eigenvalue weighted by Crippen LogP contribution is -1.88. The molecule has 0 aliphatic carbocycles. The minimum atomic E-state index is 0.949. The molecule has 0 aliphatic heterocycles. The van der Waals surface area contributed by atoms with Gasteiger partial charge in [0, 0.05) is 34.8 Å². The number of rotatable bonds is 2. The molecule has 4 nitrogen and oxygen atoms in total. The smallest absolute Gasteiger partial charge is 0.115 e. The second-order valence-corrected chi connectivity index (χ2v) is 4.51. The van der Waals surface area contributed by atoms with Crippen molar-refractivity contribution < 1.29 is 0 Å². The van der Waals surface area contributed by atoms with Crippen molar-refractivity contribution in [2.24, 2.45) is 0 Å². The average molecular weight is 250 g/mol. The minimum Gasteiger partial charge on any atom is -0.282 e. The third-order valence-corrected chi connectivity index (χ3v) is 3.20. The lowest BCUT2D eigenvalue weighted by molar-refractivity contribution is 1.05. The predicted molar refractivity (Wildman–Crippen MR) is 74.5 cm³/mol. The van der Waals surface area contributed by atoms with E-state index in [1.54, 1.807) is 0 Å². The van der Waals surface area contributed by atoms with Gasteiger partial charge in [-0.25, -0.2) is 9.97 Å². The number of aromatic nitrogens is 4. The first kappa shape index (κ1) is 11.6. The van der Waals surface area contributed by atoms with Crippen LogP contribution in [-0.4, -0.2) is 20.2 Å². The molecule has 0 saturated heterocycles. The molecule has 94 valence electrons. The fraction of sp³-hybridized carbons (Fsp3) is 0.133. The van der Waals surface area contributed by atoms with Crippen LogP contribution in [0.1, 0.15) is 11.3 Å². The van der Waals surface area contributed by atoms with Gasteiger partial charge in [0.05, 0.1) is 0 Å². The molecule has 0 amide bonds. The Morgan fingerprint density at radius 2 is 1.74 bits per heavy atom. The van der Waals surface area contributed by atoms with Gasteiger partial charge in [0.25, 0.3) is 0 Å². The molecule has 0 bridgehead atoms. The van der Waals surface area contributed by atoms with Crippen molar-refractivity contribution in [1.82, 2.24) is 20.2 Å². The summed E-state index contributed by atoms with van der Waals surface area (Å²) in [4.78, 5) is 8.17. The number of benzene rings is 1. The van der Waals surface area contributed by atoms with Crippen LogP contribution >= 0.6 is 0 Å². The van der Waals surface area contributed by atoms with E-state index in [0.717, 1.165) is 28.1 Å². The third-order valence-electron chi connectivity index (χ3n) is 3.20. The third kappa shape index (κ3) is 2.01. The molecule has 0 fully saturated rings. The first-order valence-electron chi connectivity index (χ1n) is 6.13. The molecule has 4 heteroatoms. The second kappa shape index (κ2) is 4.65. The van der Waals surface area contributed by atoms with Crippen molar-refractivity contribution in [3.63, 3.8) is 0 Å². The van der Waals surface area contributed by atoms with E-state index in [9.17, 15) is 0 Å². The molecule has 0 aliphatic rings. The molecule has 0 atom stereocenters. The molecule has 0 radical (unpaired) electrons. The van der Waals surface area contributed by atoms with Crippen molar-refractivity contribution in [2.75, 3.05) is 0 Å². The summed E-state index contributed by atoms with van der Waals surface area (Å²) in [5, 5.41) is 7.50. The van der Waals surface area contributed by atoms with Crippen LogP contribution in [-0.2, 0) is 0 Å². The van der Waals surface area contributed by atoms with Crippen LogP contribution in [0.2, 0.25) is 0 Å². The molecule has 2 aromatic heterocycles. The number of hydrogen-bond acceptors (Lipinski definition) is 3. The Morgan fingerprint density at radius 3 is 2.47 bits per heavy atom. The number of hydrogen-bond donors (Lipinski definition) is 1. The normalized spacial score (nSPS) is 10.6. The molecule has 0 unspecified atom stereocenters. The molecule has 0 spiro atoms. The average Bonchev–Trinajstić information content (AvgIpc) is 2.82. The maximum atomic E-state index is 4.44. The van der Waals surface area contributed by atoms with Crippen LogP contribution in [0.15, 0.2) is 43.0 Å². The fourth-order valence-corrected chi connectivity index (χ4v) is 2.24. The van der Waals surface area contributed by atoms with Gasteiger partial charge in [-0.2, -0.15) is 5.10 Å². The highest BCUT2D eigenvalue weighted by Gasteiger charge is 2.15. The van der Waals surface area contributed by atoms with Crippen LogP contribution < -0.4 is 0 Å². The van der Waals surface area contributed by atoms with E-state index in [-0.39, 0.29) is 0 Å². The largest absolute Gasteiger partial charge is 0.282 e. The van der Waals surface area contributed by atoms with Crippen molar-refractivity contribution in [3.05, 3.63) is 54.2 Å². The zero-order valence-corrected chi connectivity index (χ0v) is 10.9. The van der Waals surface area contributed by atoms with E-state index in [0.29, 0.717) is 0 Å². The van der Waals surface area contributed by atoms with E-state index in [1.807, 2.05) is 31.5 Å². The van der Waals surface area contributed by atoms with Crippen LogP contribution in [0, 0.1) is 13.8 Å². The van der Waals surface area contributed by atoms with Gasteiger partial charge in [-0.3, -0.25) is 5.10 Å². The number of nitrogens with one attached hydrogen (secondary N) is 1. The monoisotopic (exact) mass is 250 g/mol. The number of aromatic amines is 1. The first-order chi connectivity index (χ1) is 9.27. The molecular formula is C15H14N4. The van der Waals surface area contributed by atoms with E-state index in [4.69, 9.17) is 0 Å². The summed E-state index contributed by atoms with van der Waals surface area (Å²) in [6.07, 6.45) is 5.16. The molecule has 1 aromatic carbocycles. The van der Waals surface area contributed by atoms with Gasteiger partial charge in [-0.1, -0.05) is 24.3 Å². The van der Waals surface area contributed by atoms with Gasteiger partial charge in [-0.05, 0) is 19.4 Å². The summed E-state index contributed by atoms with van der Waals surface area (Å²) in [6, 6.07) is 8.23. The summed E-state index contributed by atoms with van der Waals surface area (Å²) in [5.74, 6) is 0.